The van der Waals surface area contributed by atoms with E-state index < -0.39 is 0 Å². The number of hydrogen-bond donors (Lipinski definition) is 0. The summed E-state index contributed by atoms with van der Waals surface area (Å²) in [4.78, 5) is 8.71. The zero-order chi connectivity index (χ0) is 25.9. The van der Waals surface area contributed by atoms with Gasteiger partial charge >= 0.3 is 0 Å². The molecule has 180 valence electrons. The monoisotopic (exact) mass is 495 g/mol. The zero-order valence-electron chi connectivity index (χ0n) is 21.0. The van der Waals surface area contributed by atoms with Crippen LogP contribution in [-0.2, 0) is 0 Å². The van der Waals surface area contributed by atoms with Crippen LogP contribution in [0.15, 0.2) is 127 Å². The first kappa shape index (κ1) is 21.6. The normalized spacial score (nSPS) is 11.6. The highest BCUT2D eigenvalue weighted by Gasteiger charge is 2.15. The van der Waals surface area contributed by atoms with Crippen LogP contribution in [0.2, 0.25) is 0 Å². The Morgan fingerprint density at radius 2 is 1.18 bits per heavy atom. The van der Waals surface area contributed by atoms with E-state index in [-0.39, 0.29) is 0 Å². The molecule has 0 aliphatic rings. The molecule has 0 bridgehead atoms. The smallest absolute Gasteiger partial charge is 0.189 e. The van der Waals surface area contributed by atoms with Crippen molar-refractivity contribution in [3.8, 4) is 22.3 Å². The van der Waals surface area contributed by atoms with Gasteiger partial charge in [0.25, 0.3) is 0 Å². The van der Waals surface area contributed by atoms with Crippen LogP contribution in [0.25, 0.3) is 76.2 Å². The maximum atomic E-state index is 7.58. The van der Waals surface area contributed by atoms with Gasteiger partial charge in [-0.05, 0) is 74.8 Å². The van der Waals surface area contributed by atoms with Crippen LogP contribution >= 0.6 is 0 Å². The molecule has 0 unspecified atom stereocenters. The minimum atomic E-state index is 0.626. The maximum Gasteiger partial charge on any atom is 0.189 e. The number of pyridine rings is 1. The Bertz CT molecular complexity index is 2280. The van der Waals surface area contributed by atoms with Crippen LogP contribution < -0.4 is 0 Å². The molecule has 3 nitrogen and oxygen atoms in total. The van der Waals surface area contributed by atoms with E-state index >= 15 is 0 Å². The lowest BCUT2D eigenvalue weighted by atomic mass is 9.96. The highest BCUT2D eigenvalue weighted by atomic mass is 15.0. The van der Waals surface area contributed by atoms with Crippen molar-refractivity contribution in [3.05, 3.63) is 139 Å². The van der Waals surface area contributed by atoms with Gasteiger partial charge in [-0.1, -0.05) is 91.0 Å². The second kappa shape index (κ2) is 8.28. The standard InChI is InChI=1S/C36H21N3/c1-37-29-17-19-30-32-21-28(16-18-31(32)36-38-33-8-4-5-9-34(33)39(36)35(30)22-29)25-12-10-24(11-13-25)27-15-14-23-6-2-3-7-26(23)20-27/h2-22H. The van der Waals surface area contributed by atoms with Crippen molar-refractivity contribution in [2.45, 2.75) is 0 Å². The predicted molar refractivity (Wildman–Crippen MR) is 162 cm³/mol. The summed E-state index contributed by atoms with van der Waals surface area (Å²) in [6.45, 7) is 7.58. The van der Waals surface area contributed by atoms with E-state index in [1.165, 1.54) is 27.5 Å². The Kier molecular flexibility index (Phi) is 4.59. The molecular formula is C36H21N3. The molecule has 8 rings (SSSR count). The molecule has 2 aromatic heterocycles. The molecule has 0 saturated heterocycles. The number of rotatable bonds is 2. The van der Waals surface area contributed by atoms with E-state index in [4.69, 9.17) is 11.6 Å². The van der Waals surface area contributed by atoms with Crippen molar-refractivity contribution >= 4 is 54.8 Å². The van der Waals surface area contributed by atoms with Crippen molar-refractivity contribution in [1.82, 2.24) is 9.38 Å². The molecule has 0 saturated carbocycles. The number of fused-ring (bicyclic) bond motifs is 9. The minimum Gasteiger partial charge on any atom is -0.293 e. The quantitative estimate of drug-likeness (QED) is 0.173. The van der Waals surface area contributed by atoms with Crippen LogP contribution in [0.1, 0.15) is 0 Å². The van der Waals surface area contributed by atoms with E-state index in [9.17, 15) is 0 Å². The molecule has 0 aliphatic carbocycles. The van der Waals surface area contributed by atoms with E-state index in [1.54, 1.807) is 0 Å². The number of nitrogens with zero attached hydrogens (tertiary/aromatic N) is 3. The van der Waals surface area contributed by atoms with Crippen molar-refractivity contribution in [3.63, 3.8) is 0 Å². The number of benzene rings is 6. The zero-order valence-corrected chi connectivity index (χ0v) is 21.0. The summed E-state index contributed by atoms with van der Waals surface area (Å²) in [6, 6.07) is 44.7. The fourth-order valence-corrected chi connectivity index (χ4v) is 5.82. The molecule has 0 fully saturated rings. The van der Waals surface area contributed by atoms with Crippen molar-refractivity contribution in [2.75, 3.05) is 0 Å². The summed E-state index contributed by atoms with van der Waals surface area (Å²) < 4.78 is 2.19. The summed E-state index contributed by atoms with van der Waals surface area (Å²) in [7, 11) is 0. The molecule has 0 aliphatic heterocycles. The summed E-state index contributed by atoms with van der Waals surface area (Å²) in [5, 5.41) is 5.86. The van der Waals surface area contributed by atoms with Crippen LogP contribution in [0.4, 0.5) is 5.69 Å². The van der Waals surface area contributed by atoms with Crippen LogP contribution in [-0.4, -0.2) is 9.38 Å². The van der Waals surface area contributed by atoms with Gasteiger partial charge in [0.15, 0.2) is 5.69 Å². The van der Waals surface area contributed by atoms with E-state index in [2.05, 4.69) is 106 Å². The van der Waals surface area contributed by atoms with Crippen LogP contribution in [0.5, 0.6) is 0 Å². The first-order chi connectivity index (χ1) is 19.3. The SMILES string of the molecule is [C-]#[N+]c1ccc2c3cc(-c4ccc(-c5ccc6ccccc6c5)cc4)ccc3c3nc4ccccc4n3c2c1. The molecule has 8 aromatic rings. The summed E-state index contributed by atoms with van der Waals surface area (Å²) >= 11 is 0. The summed E-state index contributed by atoms with van der Waals surface area (Å²) in [6.07, 6.45) is 0. The topological polar surface area (TPSA) is 21.7 Å². The molecule has 2 heterocycles. The Morgan fingerprint density at radius 1 is 0.513 bits per heavy atom. The third kappa shape index (κ3) is 3.32. The summed E-state index contributed by atoms with van der Waals surface area (Å²) in [5.41, 5.74) is 9.29. The first-order valence-electron chi connectivity index (χ1n) is 13.0. The highest BCUT2D eigenvalue weighted by molar-refractivity contribution is 6.15. The van der Waals surface area contributed by atoms with Crippen molar-refractivity contribution in [2.24, 2.45) is 0 Å². The molecule has 0 amide bonds. The van der Waals surface area contributed by atoms with Gasteiger partial charge in [0.2, 0.25) is 0 Å². The molecule has 6 aromatic carbocycles. The van der Waals surface area contributed by atoms with Gasteiger partial charge in [-0.3, -0.25) is 4.40 Å². The van der Waals surface area contributed by atoms with Gasteiger partial charge in [0.1, 0.15) is 5.65 Å². The fraction of sp³-hybridized carbons (Fsp3) is 0. The summed E-state index contributed by atoms with van der Waals surface area (Å²) in [5.74, 6) is 0. The minimum absolute atomic E-state index is 0.626. The van der Waals surface area contributed by atoms with Gasteiger partial charge < -0.3 is 0 Å². The molecule has 0 spiro atoms. The molecule has 0 N–H and O–H groups in total. The van der Waals surface area contributed by atoms with Crippen LogP contribution in [0.3, 0.4) is 0 Å². The average Bonchev–Trinajstić information content (AvgIpc) is 3.40. The molecular weight excluding hydrogens is 474 g/mol. The third-order valence-corrected chi connectivity index (χ3v) is 7.76. The van der Waals surface area contributed by atoms with Gasteiger partial charge in [-0.25, -0.2) is 9.83 Å². The Labute approximate surface area is 225 Å². The van der Waals surface area contributed by atoms with E-state index in [0.29, 0.717) is 5.69 Å². The second-order valence-corrected chi connectivity index (χ2v) is 9.97. The average molecular weight is 496 g/mol. The number of para-hydroxylation sites is 2. The Morgan fingerprint density at radius 3 is 2.00 bits per heavy atom. The van der Waals surface area contributed by atoms with E-state index in [1.807, 2.05) is 30.3 Å². The van der Waals surface area contributed by atoms with E-state index in [0.717, 1.165) is 43.9 Å². The molecule has 3 heteroatoms. The van der Waals surface area contributed by atoms with Gasteiger partial charge in [0.05, 0.1) is 17.6 Å². The molecule has 0 radical (unpaired) electrons. The lowest BCUT2D eigenvalue weighted by Crippen LogP contribution is -1.92. The van der Waals surface area contributed by atoms with Gasteiger partial charge in [0, 0.05) is 16.3 Å². The largest absolute Gasteiger partial charge is 0.293 e. The maximum absolute atomic E-state index is 7.58. The Hall–Kier alpha value is -5.46. The fourth-order valence-electron chi connectivity index (χ4n) is 5.82. The predicted octanol–water partition coefficient (Wildman–Crippen LogP) is 9.83. The number of aromatic nitrogens is 2. The van der Waals surface area contributed by atoms with Crippen LogP contribution in [0, 0.1) is 6.57 Å². The van der Waals surface area contributed by atoms with Gasteiger partial charge in [-0.2, -0.15) is 0 Å². The van der Waals surface area contributed by atoms with Crippen molar-refractivity contribution in [1.29, 1.82) is 0 Å². The lowest BCUT2D eigenvalue weighted by molar-refractivity contribution is 1.32. The number of imidazole rings is 1. The van der Waals surface area contributed by atoms with Crippen molar-refractivity contribution < 1.29 is 0 Å². The number of hydrogen-bond acceptors (Lipinski definition) is 1. The molecule has 39 heavy (non-hydrogen) atoms. The molecule has 0 atom stereocenters. The Balaban J connectivity index is 1.31. The highest BCUT2D eigenvalue weighted by Crippen LogP contribution is 2.37. The van der Waals surface area contributed by atoms with Gasteiger partial charge in [-0.15, -0.1) is 0 Å². The first-order valence-corrected chi connectivity index (χ1v) is 13.0. The third-order valence-electron chi connectivity index (χ3n) is 7.76. The second-order valence-electron chi connectivity index (χ2n) is 9.97. The lowest BCUT2D eigenvalue weighted by Gasteiger charge is -2.12.